The molecule has 146 valence electrons. The number of benzene rings is 1. The molecule has 28 heavy (non-hydrogen) atoms. The summed E-state index contributed by atoms with van der Waals surface area (Å²) in [5, 5.41) is 0.820. The maximum Gasteiger partial charge on any atom is 0.318 e. The molecular formula is C21H22N2O3S2. The summed E-state index contributed by atoms with van der Waals surface area (Å²) < 4.78 is 6.50. The first-order valence-electron chi connectivity index (χ1n) is 9.47. The molecule has 1 aromatic carbocycles. The van der Waals surface area contributed by atoms with E-state index >= 15 is 0 Å². The highest BCUT2D eigenvalue weighted by molar-refractivity contribution is 8.00. The summed E-state index contributed by atoms with van der Waals surface area (Å²) in [5.41, 5.74) is 1.89. The maximum atomic E-state index is 13.6. The smallest absolute Gasteiger partial charge is 0.318 e. The van der Waals surface area contributed by atoms with E-state index < -0.39 is 5.25 Å². The zero-order valence-corrected chi connectivity index (χ0v) is 17.6. The minimum atomic E-state index is -0.456. The molecule has 0 fully saturated rings. The summed E-state index contributed by atoms with van der Waals surface area (Å²) in [6, 6.07) is 9.51. The average Bonchev–Trinajstić information content (AvgIpc) is 2.89. The number of carbonyl (C=O) groups excluding carboxylic acids is 1. The number of hydrogen-bond acceptors (Lipinski definition) is 6. The van der Waals surface area contributed by atoms with Crippen LogP contribution in [0.4, 0.5) is 0 Å². The van der Waals surface area contributed by atoms with Crippen LogP contribution in [-0.2, 0) is 22.4 Å². The van der Waals surface area contributed by atoms with Crippen LogP contribution in [0, 0.1) is 0 Å². The Morgan fingerprint density at radius 3 is 2.71 bits per heavy atom. The second-order valence-electron chi connectivity index (χ2n) is 6.90. The molecule has 3 aromatic rings. The van der Waals surface area contributed by atoms with Crippen LogP contribution in [0.5, 0.6) is 0 Å². The second-order valence-corrected chi connectivity index (χ2v) is 9.29. The molecule has 0 spiro atoms. The van der Waals surface area contributed by atoms with Gasteiger partial charge in [0.05, 0.1) is 18.2 Å². The summed E-state index contributed by atoms with van der Waals surface area (Å²) in [6.45, 7) is 1.77. The molecule has 1 aliphatic rings. The maximum absolute atomic E-state index is 13.6. The first-order chi connectivity index (χ1) is 13.6. The first kappa shape index (κ1) is 19.2. The normalized spacial score (nSPS) is 15.1. The topological polar surface area (TPSA) is 61.2 Å². The summed E-state index contributed by atoms with van der Waals surface area (Å²) in [5.74, 6) is -0.332. The van der Waals surface area contributed by atoms with Crippen molar-refractivity contribution < 1.29 is 9.53 Å². The minimum Gasteiger partial charge on any atom is -0.468 e. The fourth-order valence-electron chi connectivity index (χ4n) is 3.62. The van der Waals surface area contributed by atoms with Crippen molar-refractivity contribution in [2.75, 3.05) is 7.11 Å². The first-order valence-corrected chi connectivity index (χ1v) is 11.2. The predicted molar refractivity (Wildman–Crippen MR) is 114 cm³/mol. The molecule has 0 saturated carbocycles. The van der Waals surface area contributed by atoms with Gasteiger partial charge >= 0.3 is 5.97 Å². The number of fused-ring (bicyclic) bond motifs is 3. The van der Waals surface area contributed by atoms with Gasteiger partial charge in [0.15, 0.2) is 5.16 Å². The Kier molecular flexibility index (Phi) is 5.55. The van der Waals surface area contributed by atoms with Crippen LogP contribution in [0.25, 0.3) is 15.9 Å². The van der Waals surface area contributed by atoms with E-state index in [1.165, 1.54) is 35.7 Å². The van der Waals surface area contributed by atoms with E-state index in [0.717, 1.165) is 41.6 Å². The SMILES string of the molecule is COC(=O)C(C)Sc1nc2sc3c(c2c(=O)n1-c1ccccc1)CCCCC3. The monoisotopic (exact) mass is 414 g/mol. The zero-order valence-electron chi connectivity index (χ0n) is 15.9. The standard InChI is InChI=1S/C21H22N2O3S2/c1-13(20(25)26-2)27-21-22-18-17(15-11-7-4-8-12-16(15)28-18)19(24)23(21)14-9-5-3-6-10-14/h3,5-6,9-10,13H,4,7-8,11-12H2,1-2H3. The summed E-state index contributed by atoms with van der Waals surface area (Å²) in [6.07, 6.45) is 5.43. The fourth-order valence-corrected chi connectivity index (χ4v) is 5.88. The van der Waals surface area contributed by atoms with E-state index in [-0.39, 0.29) is 11.5 Å². The predicted octanol–water partition coefficient (Wildman–Crippen LogP) is 4.37. The van der Waals surface area contributed by atoms with Gasteiger partial charge in [0.1, 0.15) is 10.1 Å². The molecule has 2 aromatic heterocycles. The molecule has 0 N–H and O–H groups in total. The Morgan fingerprint density at radius 2 is 1.96 bits per heavy atom. The Bertz CT molecular complexity index is 1070. The van der Waals surface area contributed by atoms with Crippen LogP contribution in [0.3, 0.4) is 0 Å². The molecule has 5 nitrogen and oxygen atoms in total. The molecule has 7 heteroatoms. The lowest BCUT2D eigenvalue weighted by Crippen LogP contribution is -2.24. The van der Waals surface area contributed by atoms with Crippen LogP contribution in [-0.4, -0.2) is 27.9 Å². The lowest BCUT2D eigenvalue weighted by atomic mass is 10.1. The van der Waals surface area contributed by atoms with Crippen LogP contribution in [0.15, 0.2) is 40.3 Å². The van der Waals surface area contributed by atoms with Crippen molar-refractivity contribution in [2.45, 2.75) is 49.4 Å². The van der Waals surface area contributed by atoms with Gasteiger partial charge in [-0.05, 0) is 50.3 Å². The minimum absolute atomic E-state index is 0.0461. The van der Waals surface area contributed by atoms with Crippen molar-refractivity contribution in [1.29, 1.82) is 0 Å². The van der Waals surface area contributed by atoms with E-state index in [2.05, 4.69) is 0 Å². The molecule has 1 aliphatic carbocycles. The average molecular weight is 415 g/mol. The van der Waals surface area contributed by atoms with Gasteiger partial charge < -0.3 is 4.74 Å². The highest BCUT2D eigenvalue weighted by Crippen LogP contribution is 2.35. The zero-order chi connectivity index (χ0) is 19.7. The Morgan fingerprint density at radius 1 is 1.21 bits per heavy atom. The van der Waals surface area contributed by atoms with E-state index in [0.29, 0.717) is 5.16 Å². The number of rotatable bonds is 4. The quantitative estimate of drug-likeness (QED) is 0.275. The number of para-hydroxylation sites is 1. The van der Waals surface area contributed by atoms with Gasteiger partial charge in [0, 0.05) is 4.88 Å². The number of ether oxygens (including phenoxy) is 1. The fraction of sp³-hybridized carbons (Fsp3) is 0.381. The Hall–Kier alpha value is -2.12. The number of aromatic nitrogens is 2. The van der Waals surface area contributed by atoms with E-state index in [1.54, 1.807) is 22.8 Å². The number of thioether (sulfide) groups is 1. The van der Waals surface area contributed by atoms with E-state index in [4.69, 9.17) is 9.72 Å². The summed E-state index contributed by atoms with van der Waals surface area (Å²) in [4.78, 5) is 32.5. The van der Waals surface area contributed by atoms with Gasteiger partial charge in [0.2, 0.25) is 0 Å². The third kappa shape index (κ3) is 3.49. The molecule has 0 radical (unpaired) electrons. The van der Waals surface area contributed by atoms with Crippen molar-refractivity contribution >= 4 is 39.3 Å². The lowest BCUT2D eigenvalue weighted by molar-refractivity contribution is -0.139. The van der Waals surface area contributed by atoms with Crippen LogP contribution in [0.2, 0.25) is 0 Å². The molecule has 0 bridgehead atoms. The van der Waals surface area contributed by atoms with E-state index in [1.807, 2.05) is 30.3 Å². The van der Waals surface area contributed by atoms with Crippen molar-refractivity contribution in [3.8, 4) is 5.69 Å². The highest BCUT2D eigenvalue weighted by Gasteiger charge is 2.24. The molecule has 0 aliphatic heterocycles. The number of hydrogen-bond donors (Lipinski definition) is 0. The number of methoxy groups -OCH3 is 1. The van der Waals surface area contributed by atoms with Crippen LogP contribution >= 0.6 is 23.1 Å². The van der Waals surface area contributed by atoms with Crippen LogP contribution < -0.4 is 5.56 Å². The second kappa shape index (κ2) is 8.09. The number of esters is 1. The summed E-state index contributed by atoms with van der Waals surface area (Å²) in [7, 11) is 1.37. The van der Waals surface area contributed by atoms with Gasteiger partial charge in [-0.2, -0.15) is 0 Å². The van der Waals surface area contributed by atoms with Crippen LogP contribution in [0.1, 0.15) is 36.6 Å². The van der Waals surface area contributed by atoms with E-state index in [9.17, 15) is 9.59 Å². The number of thiophene rings is 1. The van der Waals surface area contributed by atoms with Gasteiger partial charge in [-0.3, -0.25) is 14.2 Å². The third-order valence-corrected chi connectivity index (χ3v) is 7.25. The highest BCUT2D eigenvalue weighted by atomic mass is 32.2. The van der Waals surface area contributed by atoms with Gasteiger partial charge in [-0.25, -0.2) is 4.98 Å². The van der Waals surface area contributed by atoms with Crippen molar-refractivity contribution in [2.24, 2.45) is 0 Å². The van der Waals surface area contributed by atoms with Gasteiger partial charge in [-0.1, -0.05) is 36.4 Å². The van der Waals surface area contributed by atoms with Gasteiger partial charge in [-0.15, -0.1) is 11.3 Å². The third-order valence-electron chi connectivity index (χ3n) is 5.04. The number of nitrogens with zero attached hydrogens (tertiary/aromatic N) is 2. The van der Waals surface area contributed by atoms with Gasteiger partial charge in [0.25, 0.3) is 5.56 Å². The Labute approximate surface area is 171 Å². The lowest BCUT2D eigenvalue weighted by Gasteiger charge is -2.15. The molecule has 4 rings (SSSR count). The summed E-state index contributed by atoms with van der Waals surface area (Å²) >= 11 is 2.89. The number of carbonyl (C=O) groups is 1. The largest absolute Gasteiger partial charge is 0.468 e. The molecule has 0 amide bonds. The molecule has 0 saturated heterocycles. The molecule has 1 atom stereocenters. The molecular weight excluding hydrogens is 392 g/mol. The van der Waals surface area contributed by atoms with Crippen molar-refractivity contribution in [1.82, 2.24) is 9.55 Å². The van der Waals surface area contributed by atoms with Crippen molar-refractivity contribution in [3.05, 3.63) is 51.1 Å². The molecule has 2 heterocycles. The number of aryl methyl sites for hydroxylation is 2. The van der Waals surface area contributed by atoms with Crippen molar-refractivity contribution in [3.63, 3.8) is 0 Å². The Balaban J connectivity index is 1.94. The molecule has 1 unspecified atom stereocenters.